The summed E-state index contributed by atoms with van der Waals surface area (Å²) in [4.78, 5) is 24.0. The second kappa shape index (κ2) is 8.35. The van der Waals surface area contributed by atoms with Gasteiger partial charge in [0.05, 0.1) is 0 Å². The molecule has 0 saturated carbocycles. The van der Waals surface area contributed by atoms with Crippen molar-refractivity contribution in [2.75, 3.05) is 11.9 Å². The van der Waals surface area contributed by atoms with E-state index < -0.39 is 11.1 Å². The quantitative estimate of drug-likeness (QED) is 0.331. The topological polar surface area (TPSA) is 35.9 Å². The summed E-state index contributed by atoms with van der Waals surface area (Å²) in [5.74, 6) is 0.808. The maximum Gasteiger partial charge on any atom is 0.260 e. The molecule has 2 heterocycles. The predicted octanol–water partition coefficient (Wildman–Crippen LogP) is 6.39. The van der Waals surface area contributed by atoms with E-state index in [1.165, 1.54) is 0 Å². The summed E-state index contributed by atoms with van der Waals surface area (Å²) in [6.07, 6.45) is 0. The molecule has 0 fully saturated rings. The number of hydrogen-bond acceptors (Lipinski definition) is 3. The van der Waals surface area contributed by atoms with Gasteiger partial charge in [-0.15, -0.1) is 0 Å². The molecule has 2 atom stereocenters. The van der Waals surface area contributed by atoms with Gasteiger partial charge in [0.25, 0.3) is 5.91 Å². The summed E-state index contributed by atoms with van der Waals surface area (Å²) in [7, 11) is 1.86. The van der Waals surface area contributed by atoms with Crippen molar-refractivity contribution >= 4 is 29.0 Å². The van der Waals surface area contributed by atoms with Gasteiger partial charge in [0.15, 0.2) is 5.54 Å². The fourth-order valence-electron chi connectivity index (χ4n) is 5.86. The van der Waals surface area contributed by atoms with E-state index in [1.54, 1.807) is 4.90 Å². The molecule has 2 aliphatic heterocycles. The summed E-state index contributed by atoms with van der Waals surface area (Å²) >= 11 is 6.29. The fourth-order valence-corrected chi connectivity index (χ4v) is 5.99. The van der Waals surface area contributed by atoms with Crippen LogP contribution in [0.3, 0.4) is 0 Å². The Morgan fingerprint density at radius 2 is 1.42 bits per heavy atom. The van der Waals surface area contributed by atoms with Gasteiger partial charge in [0, 0.05) is 35.4 Å². The standard InChI is InChI=1S/C31H26ClN3O/c1-30(24-17-19-25(32)20-18-24)31(26-15-9-10-16-27(26)34(2)29(31)36)35(21-22-11-5-3-6-12-22)28(33-30)23-13-7-4-8-14-23/h3-20H,21H2,1-2H3/t30-,31+/m1/s1. The van der Waals surface area contributed by atoms with E-state index in [4.69, 9.17) is 16.6 Å². The largest absolute Gasteiger partial charge is 0.331 e. The van der Waals surface area contributed by atoms with Crippen LogP contribution >= 0.6 is 11.6 Å². The highest BCUT2D eigenvalue weighted by atomic mass is 35.5. The molecule has 5 heteroatoms. The Kier molecular flexibility index (Phi) is 5.24. The van der Waals surface area contributed by atoms with Crippen LogP contribution in [0.25, 0.3) is 0 Å². The van der Waals surface area contributed by atoms with Crippen molar-refractivity contribution in [1.29, 1.82) is 0 Å². The summed E-state index contributed by atoms with van der Waals surface area (Å²) in [5.41, 5.74) is 2.91. The lowest BCUT2D eigenvalue weighted by atomic mass is 9.70. The highest BCUT2D eigenvalue weighted by Crippen LogP contribution is 2.59. The molecule has 36 heavy (non-hydrogen) atoms. The molecular weight excluding hydrogens is 466 g/mol. The molecule has 0 bridgehead atoms. The van der Waals surface area contributed by atoms with Gasteiger partial charge in [-0.05, 0) is 36.2 Å². The number of fused-ring (bicyclic) bond motifs is 2. The Bertz CT molecular complexity index is 1470. The van der Waals surface area contributed by atoms with E-state index in [0.29, 0.717) is 11.6 Å². The summed E-state index contributed by atoms with van der Waals surface area (Å²) < 4.78 is 0. The number of rotatable bonds is 4. The molecule has 178 valence electrons. The molecule has 0 N–H and O–H groups in total. The Morgan fingerprint density at radius 1 is 0.806 bits per heavy atom. The van der Waals surface area contributed by atoms with E-state index in [0.717, 1.165) is 33.8 Å². The molecule has 6 rings (SSSR count). The van der Waals surface area contributed by atoms with Crippen molar-refractivity contribution in [1.82, 2.24) is 4.90 Å². The van der Waals surface area contributed by atoms with Crippen molar-refractivity contribution < 1.29 is 4.79 Å². The number of amides is 1. The third-order valence-electron chi connectivity index (χ3n) is 7.59. The van der Waals surface area contributed by atoms with Crippen molar-refractivity contribution in [3.63, 3.8) is 0 Å². The van der Waals surface area contributed by atoms with Gasteiger partial charge in [-0.3, -0.25) is 9.79 Å². The van der Waals surface area contributed by atoms with Crippen molar-refractivity contribution in [3.05, 3.63) is 136 Å². The second-order valence-corrected chi connectivity index (χ2v) is 9.98. The van der Waals surface area contributed by atoms with E-state index in [9.17, 15) is 4.79 Å². The summed E-state index contributed by atoms with van der Waals surface area (Å²) in [6, 6.07) is 36.3. The van der Waals surface area contributed by atoms with Crippen molar-refractivity contribution in [2.24, 2.45) is 4.99 Å². The maximum atomic E-state index is 14.6. The van der Waals surface area contributed by atoms with Crippen molar-refractivity contribution in [3.8, 4) is 0 Å². The number of hydrogen-bond donors (Lipinski definition) is 0. The lowest BCUT2D eigenvalue weighted by Gasteiger charge is -2.44. The molecule has 2 aliphatic rings. The predicted molar refractivity (Wildman–Crippen MR) is 145 cm³/mol. The minimum absolute atomic E-state index is 0.00626. The number of amidine groups is 1. The normalized spacial score (nSPS) is 22.8. The Morgan fingerprint density at radius 3 is 2.11 bits per heavy atom. The van der Waals surface area contributed by atoms with Gasteiger partial charge in [-0.2, -0.15) is 0 Å². The summed E-state index contributed by atoms with van der Waals surface area (Å²) in [6.45, 7) is 2.61. The molecular formula is C31H26ClN3O. The first-order valence-electron chi connectivity index (χ1n) is 12.1. The lowest BCUT2D eigenvalue weighted by Crippen LogP contribution is -2.59. The summed E-state index contributed by atoms with van der Waals surface area (Å²) in [5, 5.41) is 0.651. The van der Waals surface area contributed by atoms with Crippen LogP contribution < -0.4 is 4.90 Å². The molecule has 4 aromatic carbocycles. The first-order chi connectivity index (χ1) is 17.5. The average molecular weight is 492 g/mol. The fraction of sp³-hybridized carbons (Fsp3) is 0.161. The number of benzene rings is 4. The van der Waals surface area contributed by atoms with E-state index in [2.05, 4.69) is 42.2 Å². The number of anilines is 1. The lowest BCUT2D eigenvalue weighted by molar-refractivity contribution is -0.130. The van der Waals surface area contributed by atoms with Crippen LogP contribution in [0, 0.1) is 0 Å². The minimum atomic E-state index is -1.08. The number of halogens is 1. The first kappa shape index (κ1) is 22.6. The first-order valence-corrected chi connectivity index (χ1v) is 12.4. The number of carbonyl (C=O) groups excluding carboxylic acids is 1. The van der Waals surface area contributed by atoms with Crippen LogP contribution in [0.5, 0.6) is 0 Å². The molecule has 4 nitrogen and oxygen atoms in total. The van der Waals surface area contributed by atoms with Crippen molar-refractivity contribution in [2.45, 2.75) is 24.5 Å². The highest BCUT2D eigenvalue weighted by molar-refractivity contribution is 6.30. The third-order valence-corrected chi connectivity index (χ3v) is 7.84. The van der Waals surface area contributed by atoms with Crippen LogP contribution in [0.15, 0.2) is 114 Å². The average Bonchev–Trinajstić information content (AvgIpc) is 3.31. The molecule has 0 radical (unpaired) electrons. The van der Waals surface area contributed by atoms with E-state index in [-0.39, 0.29) is 5.91 Å². The molecule has 0 unspecified atom stereocenters. The Hall–Kier alpha value is -3.89. The number of carbonyl (C=O) groups is 1. The van der Waals surface area contributed by atoms with Crippen LogP contribution in [-0.2, 0) is 22.4 Å². The van der Waals surface area contributed by atoms with Crippen LogP contribution in [0.4, 0.5) is 5.69 Å². The number of aliphatic imine (C=N–C) groups is 1. The molecule has 1 spiro atoms. The third kappa shape index (κ3) is 3.07. The second-order valence-electron chi connectivity index (χ2n) is 9.54. The van der Waals surface area contributed by atoms with Crippen LogP contribution in [0.2, 0.25) is 5.02 Å². The highest BCUT2D eigenvalue weighted by Gasteiger charge is 2.68. The zero-order chi connectivity index (χ0) is 24.9. The van der Waals surface area contributed by atoms with Gasteiger partial charge in [0.2, 0.25) is 0 Å². The van der Waals surface area contributed by atoms with Crippen LogP contribution in [-0.4, -0.2) is 23.7 Å². The Labute approximate surface area is 216 Å². The smallest absolute Gasteiger partial charge is 0.260 e. The number of nitrogens with zero attached hydrogens (tertiary/aromatic N) is 3. The zero-order valence-corrected chi connectivity index (χ0v) is 21.0. The van der Waals surface area contributed by atoms with Gasteiger partial charge in [-0.1, -0.05) is 103 Å². The van der Waals surface area contributed by atoms with Gasteiger partial charge < -0.3 is 9.80 Å². The molecule has 0 aliphatic carbocycles. The zero-order valence-electron chi connectivity index (χ0n) is 20.2. The number of para-hydroxylation sites is 1. The van der Waals surface area contributed by atoms with Gasteiger partial charge >= 0.3 is 0 Å². The molecule has 1 amide bonds. The molecule has 4 aromatic rings. The maximum absolute atomic E-state index is 14.6. The van der Waals surface area contributed by atoms with E-state index >= 15 is 0 Å². The molecule has 0 saturated heterocycles. The van der Waals surface area contributed by atoms with Gasteiger partial charge in [-0.25, -0.2) is 0 Å². The van der Waals surface area contributed by atoms with E-state index in [1.807, 2.05) is 85.9 Å². The molecule has 0 aromatic heterocycles. The number of likely N-dealkylation sites (N-methyl/N-ethyl adjacent to an activating group) is 1. The Balaban J connectivity index is 1.69. The SMILES string of the molecule is CN1C(=O)[C@]2(c3ccccc31)N(Cc1ccccc1)C(c1ccccc1)=N[C@]2(C)c1ccc(Cl)cc1. The van der Waals surface area contributed by atoms with Gasteiger partial charge in [0.1, 0.15) is 11.4 Å². The van der Waals surface area contributed by atoms with Crippen LogP contribution in [0.1, 0.15) is 29.2 Å². The monoisotopic (exact) mass is 491 g/mol. The minimum Gasteiger partial charge on any atom is -0.331 e.